The molecule has 0 radical (unpaired) electrons. The quantitative estimate of drug-likeness (QED) is 0.891. The maximum Gasteiger partial charge on any atom is 0.274 e. The zero-order valence-electron chi connectivity index (χ0n) is 12.4. The Kier molecular flexibility index (Phi) is 5.93. The van der Waals surface area contributed by atoms with Gasteiger partial charge in [-0.05, 0) is 44.3 Å². The first-order chi connectivity index (χ1) is 10.3. The van der Waals surface area contributed by atoms with E-state index in [0.29, 0.717) is 18.3 Å². The molecule has 2 aromatic rings. The summed E-state index contributed by atoms with van der Waals surface area (Å²) in [4.78, 5) is 13.4. The molecule has 1 saturated heterocycles. The first-order valence-electron chi connectivity index (χ1n) is 7.19. The predicted octanol–water partition coefficient (Wildman–Crippen LogP) is 1.92. The van der Waals surface area contributed by atoms with Crippen molar-refractivity contribution in [2.75, 3.05) is 13.1 Å². The maximum atomic E-state index is 12.2. The second kappa shape index (κ2) is 7.71. The van der Waals surface area contributed by atoms with Crippen molar-refractivity contribution in [3.05, 3.63) is 33.8 Å². The molecule has 0 saturated carbocycles. The summed E-state index contributed by atoms with van der Waals surface area (Å²) in [5.74, 6) is -0.152. The van der Waals surface area contributed by atoms with Crippen LogP contribution in [-0.4, -0.2) is 34.0 Å². The van der Waals surface area contributed by atoms with Gasteiger partial charge in [0.05, 0.1) is 18.3 Å². The van der Waals surface area contributed by atoms with Crippen LogP contribution in [0.3, 0.4) is 0 Å². The molecule has 1 aliphatic rings. The van der Waals surface area contributed by atoms with Crippen molar-refractivity contribution in [1.82, 2.24) is 25.6 Å². The van der Waals surface area contributed by atoms with Crippen molar-refractivity contribution in [1.29, 1.82) is 0 Å². The largest absolute Gasteiger partial charge is 0.346 e. The van der Waals surface area contributed by atoms with Gasteiger partial charge in [0.25, 0.3) is 5.91 Å². The topological polar surface area (TPSA) is 71.8 Å². The van der Waals surface area contributed by atoms with Gasteiger partial charge in [0.1, 0.15) is 0 Å². The molecule has 2 N–H and O–H groups in total. The van der Waals surface area contributed by atoms with Crippen molar-refractivity contribution in [3.8, 4) is 0 Å². The summed E-state index contributed by atoms with van der Waals surface area (Å²) in [6.45, 7) is 4.44. The molecule has 22 heavy (non-hydrogen) atoms. The van der Waals surface area contributed by atoms with Gasteiger partial charge in [-0.3, -0.25) is 4.79 Å². The predicted molar refractivity (Wildman–Crippen MR) is 88.6 cm³/mol. The molecular formula is C14H20ClN5OS. The van der Waals surface area contributed by atoms with E-state index >= 15 is 0 Å². The number of hydrogen-bond acceptors (Lipinski definition) is 5. The van der Waals surface area contributed by atoms with Crippen LogP contribution in [0.15, 0.2) is 17.5 Å². The Morgan fingerprint density at radius 2 is 2.27 bits per heavy atom. The van der Waals surface area contributed by atoms with Crippen LogP contribution in [0.1, 0.15) is 39.9 Å². The van der Waals surface area contributed by atoms with E-state index in [1.807, 2.05) is 29.1 Å². The number of hydrogen-bond donors (Lipinski definition) is 2. The lowest BCUT2D eigenvalue weighted by Gasteiger charge is -2.23. The van der Waals surface area contributed by atoms with E-state index in [-0.39, 0.29) is 18.3 Å². The highest BCUT2D eigenvalue weighted by molar-refractivity contribution is 7.09. The Morgan fingerprint density at radius 1 is 1.50 bits per heavy atom. The summed E-state index contributed by atoms with van der Waals surface area (Å²) in [7, 11) is 0. The van der Waals surface area contributed by atoms with Gasteiger partial charge >= 0.3 is 0 Å². The Hall–Kier alpha value is -1.44. The molecule has 3 rings (SSSR count). The average molecular weight is 342 g/mol. The minimum Gasteiger partial charge on any atom is -0.346 e. The Labute approximate surface area is 139 Å². The third kappa shape index (κ3) is 3.66. The van der Waals surface area contributed by atoms with Crippen LogP contribution in [0.5, 0.6) is 0 Å². The molecule has 0 atom stereocenters. The summed E-state index contributed by atoms with van der Waals surface area (Å²) in [6.07, 6.45) is 2.06. The molecule has 0 spiro atoms. The number of nitrogens with zero attached hydrogens (tertiary/aromatic N) is 3. The molecular weight excluding hydrogens is 322 g/mol. The number of nitrogens with one attached hydrogen (secondary N) is 2. The first kappa shape index (κ1) is 16.9. The summed E-state index contributed by atoms with van der Waals surface area (Å²) >= 11 is 1.63. The number of rotatable bonds is 4. The number of amides is 1. The highest BCUT2D eigenvalue weighted by Gasteiger charge is 2.22. The van der Waals surface area contributed by atoms with Gasteiger partial charge in [0.15, 0.2) is 5.69 Å². The minimum atomic E-state index is -0.152. The van der Waals surface area contributed by atoms with Crippen LogP contribution in [0, 0.1) is 6.92 Å². The lowest BCUT2D eigenvalue weighted by atomic mass is 10.1. The van der Waals surface area contributed by atoms with Gasteiger partial charge in [0.2, 0.25) is 0 Å². The zero-order chi connectivity index (χ0) is 14.7. The van der Waals surface area contributed by atoms with Gasteiger partial charge in [0, 0.05) is 4.88 Å². The van der Waals surface area contributed by atoms with Crippen LogP contribution in [0.4, 0.5) is 0 Å². The standard InChI is InChI=1S/C14H19N5OS.ClH/c1-10-13(14(20)16-9-12-3-2-8-21-12)17-18-19(10)11-4-6-15-7-5-11;/h2-3,8,11,15H,4-7,9H2,1H3,(H,16,20);1H. The van der Waals surface area contributed by atoms with E-state index in [9.17, 15) is 4.79 Å². The average Bonchev–Trinajstić information content (AvgIpc) is 3.15. The van der Waals surface area contributed by atoms with Gasteiger partial charge in [-0.25, -0.2) is 4.68 Å². The number of carbonyl (C=O) groups is 1. The van der Waals surface area contributed by atoms with Gasteiger partial charge in [-0.1, -0.05) is 11.3 Å². The van der Waals surface area contributed by atoms with Gasteiger partial charge < -0.3 is 10.6 Å². The number of piperidine rings is 1. The van der Waals surface area contributed by atoms with Crippen molar-refractivity contribution < 1.29 is 4.79 Å². The lowest BCUT2D eigenvalue weighted by Crippen LogP contribution is -2.30. The van der Waals surface area contributed by atoms with E-state index in [2.05, 4.69) is 20.9 Å². The SMILES string of the molecule is Cc1c(C(=O)NCc2cccs2)nnn1C1CCNCC1.Cl. The molecule has 6 nitrogen and oxygen atoms in total. The van der Waals surface area contributed by atoms with Crippen molar-refractivity contribution in [3.63, 3.8) is 0 Å². The van der Waals surface area contributed by atoms with E-state index in [1.165, 1.54) is 0 Å². The molecule has 1 fully saturated rings. The van der Waals surface area contributed by atoms with Crippen LogP contribution in [0.2, 0.25) is 0 Å². The van der Waals surface area contributed by atoms with E-state index < -0.39 is 0 Å². The Balaban J connectivity index is 0.00000176. The van der Waals surface area contributed by atoms with E-state index in [0.717, 1.165) is 36.5 Å². The van der Waals surface area contributed by atoms with Crippen LogP contribution in [-0.2, 0) is 6.54 Å². The Bertz CT molecular complexity index is 607. The normalized spacial score (nSPS) is 15.3. The molecule has 0 aromatic carbocycles. The summed E-state index contributed by atoms with van der Waals surface area (Å²) < 4.78 is 1.90. The second-order valence-electron chi connectivity index (χ2n) is 5.21. The second-order valence-corrected chi connectivity index (χ2v) is 6.24. The molecule has 120 valence electrons. The smallest absolute Gasteiger partial charge is 0.274 e. The number of carbonyl (C=O) groups excluding carboxylic acids is 1. The highest BCUT2D eigenvalue weighted by Crippen LogP contribution is 2.20. The zero-order valence-corrected chi connectivity index (χ0v) is 14.0. The fourth-order valence-corrected chi connectivity index (χ4v) is 3.26. The molecule has 0 bridgehead atoms. The van der Waals surface area contributed by atoms with E-state index in [4.69, 9.17) is 0 Å². The van der Waals surface area contributed by atoms with Crippen molar-refractivity contribution in [2.45, 2.75) is 32.4 Å². The van der Waals surface area contributed by atoms with Crippen LogP contribution < -0.4 is 10.6 Å². The fraction of sp³-hybridized carbons (Fsp3) is 0.500. The van der Waals surface area contributed by atoms with Crippen LogP contribution >= 0.6 is 23.7 Å². The highest BCUT2D eigenvalue weighted by atomic mass is 35.5. The van der Waals surface area contributed by atoms with Crippen LogP contribution in [0.25, 0.3) is 0 Å². The molecule has 0 unspecified atom stereocenters. The summed E-state index contributed by atoms with van der Waals surface area (Å²) in [5, 5.41) is 16.5. The minimum absolute atomic E-state index is 0. The fourth-order valence-electron chi connectivity index (χ4n) is 2.61. The summed E-state index contributed by atoms with van der Waals surface area (Å²) in [6, 6.07) is 4.33. The lowest BCUT2D eigenvalue weighted by molar-refractivity contribution is 0.0945. The van der Waals surface area contributed by atoms with E-state index in [1.54, 1.807) is 11.3 Å². The molecule has 1 amide bonds. The third-order valence-corrected chi connectivity index (χ3v) is 4.68. The maximum absolute atomic E-state index is 12.2. The summed E-state index contributed by atoms with van der Waals surface area (Å²) in [5.41, 5.74) is 1.29. The number of halogens is 1. The van der Waals surface area contributed by atoms with Gasteiger partial charge in [-0.15, -0.1) is 28.8 Å². The third-order valence-electron chi connectivity index (χ3n) is 3.80. The first-order valence-corrected chi connectivity index (χ1v) is 8.07. The van der Waals surface area contributed by atoms with Crippen molar-refractivity contribution >= 4 is 29.7 Å². The number of thiophene rings is 1. The molecule has 1 aliphatic heterocycles. The van der Waals surface area contributed by atoms with Crippen molar-refractivity contribution in [2.24, 2.45) is 0 Å². The number of aromatic nitrogens is 3. The Morgan fingerprint density at radius 3 is 2.95 bits per heavy atom. The van der Waals surface area contributed by atoms with Gasteiger partial charge in [-0.2, -0.15) is 0 Å². The molecule has 2 aromatic heterocycles. The molecule has 0 aliphatic carbocycles. The monoisotopic (exact) mass is 341 g/mol. The molecule has 3 heterocycles. The molecule has 8 heteroatoms.